The Morgan fingerprint density at radius 3 is 2.28 bits per heavy atom. The van der Waals surface area contributed by atoms with Crippen molar-refractivity contribution in [2.75, 3.05) is 0 Å². The molecule has 0 aromatic heterocycles. The van der Waals surface area contributed by atoms with Crippen LogP contribution in [0, 0.1) is 0 Å². The zero-order valence-electron chi connectivity index (χ0n) is 8.65. The van der Waals surface area contributed by atoms with E-state index in [1.165, 1.54) is 24.3 Å². The monoisotopic (exact) mass is 278 g/mol. The predicted octanol–water partition coefficient (Wildman–Crippen LogP) is 3.95. The van der Waals surface area contributed by atoms with E-state index in [4.69, 9.17) is 16.7 Å². The third-order valence-corrected chi connectivity index (χ3v) is 1.96. The highest BCUT2D eigenvalue weighted by Gasteiger charge is 2.41. The van der Waals surface area contributed by atoms with Crippen molar-refractivity contribution in [3.05, 3.63) is 41.2 Å². The van der Waals surface area contributed by atoms with Crippen LogP contribution in [0.25, 0.3) is 0 Å². The Kier molecular flexibility index (Phi) is 4.43. The summed E-state index contributed by atoms with van der Waals surface area (Å²) in [5, 5.41) is 15.3. The van der Waals surface area contributed by atoms with Crippen molar-refractivity contribution in [1.82, 2.24) is 0 Å². The number of alkyl halides is 3. The summed E-state index contributed by atoms with van der Waals surface area (Å²) in [6.07, 6.45) is -5.16. The van der Waals surface area contributed by atoms with Crippen molar-refractivity contribution in [1.29, 1.82) is 0 Å². The Labute approximate surface area is 104 Å². The highest BCUT2D eigenvalue weighted by atomic mass is 35.5. The first-order valence-electron chi connectivity index (χ1n) is 4.48. The molecule has 0 radical (unpaired) electrons. The normalized spacial score (nSPS) is 13.0. The second-order valence-corrected chi connectivity index (χ2v) is 3.45. The van der Waals surface area contributed by atoms with Crippen LogP contribution in [0.4, 0.5) is 18.9 Å². The summed E-state index contributed by atoms with van der Waals surface area (Å²) in [5.74, 6) is -2.28. The lowest BCUT2D eigenvalue weighted by atomic mass is 10.3. The topological polar surface area (TPSA) is 62.0 Å². The van der Waals surface area contributed by atoms with Crippen LogP contribution in [0.15, 0.2) is 46.5 Å². The number of nitrogens with zero attached hydrogens (tertiary/aromatic N) is 2. The Hall–Kier alpha value is -1.89. The lowest BCUT2D eigenvalue weighted by Gasteiger charge is -2.02. The van der Waals surface area contributed by atoms with E-state index in [1.54, 1.807) is 0 Å². The molecule has 0 unspecified atom stereocenters. The number of carbonyl (C=O) groups excluding carboxylic acids is 1. The van der Waals surface area contributed by atoms with E-state index < -0.39 is 17.7 Å². The van der Waals surface area contributed by atoms with Crippen LogP contribution in [0.5, 0.6) is 0 Å². The average molecular weight is 279 g/mol. The van der Waals surface area contributed by atoms with Gasteiger partial charge in [-0.05, 0) is 24.3 Å². The SMILES string of the molecule is O=C(/C(=C/O)N=Nc1ccc(Cl)cc1)C(F)(F)F. The molecular weight excluding hydrogens is 273 g/mol. The number of aliphatic hydroxyl groups excluding tert-OH is 1. The van der Waals surface area contributed by atoms with Gasteiger partial charge in [-0.15, -0.1) is 5.11 Å². The van der Waals surface area contributed by atoms with Crippen molar-refractivity contribution in [3.8, 4) is 0 Å². The molecule has 1 aromatic rings. The van der Waals surface area contributed by atoms with E-state index in [0.717, 1.165) is 0 Å². The summed E-state index contributed by atoms with van der Waals surface area (Å²) in [6, 6.07) is 5.67. The molecule has 0 saturated carbocycles. The molecule has 0 aliphatic heterocycles. The fraction of sp³-hybridized carbons (Fsp3) is 0.100. The smallest absolute Gasteiger partial charge is 0.456 e. The van der Waals surface area contributed by atoms with Gasteiger partial charge in [0.05, 0.1) is 5.69 Å². The van der Waals surface area contributed by atoms with E-state index in [-0.39, 0.29) is 11.9 Å². The van der Waals surface area contributed by atoms with Gasteiger partial charge in [-0.1, -0.05) is 11.6 Å². The number of hydrogen-bond donors (Lipinski definition) is 1. The largest absolute Gasteiger partial charge is 0.513 e. The number of carbonyl (C=O) groups is 1. The number of benzene rings is 1. The number of rotatable bonds is 3. The minimum atomic E-state index is -5.12. The van der Waals surface area contributed by atoms with Gasteiger partial charge >= 0.3 is 6.18 Å². The van der Waals surface area contributed by atoms with Crippen molar-refractivity contribution in [2.45, 2.75) is 6.18 Å². The van der Waals surface area contributed by atoms with E-state index in [1.807, 2.05) is 0 Å². The summed E-state index contributed by atoms with van der Waals surface area (Å²) >= 11 is 5.59. The molecule has 0 saturated heterocycles. The van der Waals surface area contributed by atoms with Gasteiger partial charge in [-0.25, -0.2) is 0 Å². The standard InChI is InChI=1S/C10H6ClF3N2O2/c11-6-1-3-7(4-2-6)15-16-8(5-17)9(18)10(12,13)14/h1-5,17H/b8-5-,16-15?. The van der Waals surface area contributed by atoms with Crippen LogP contribution in [-0.2, 0) is 4.79 Å². The van der Waals surface area contributed by atoms with E-state index in [9.17, 15) is 18.0 Å². The maximum Gasteiger partial charge on any atom is 0.456 e. The summed E-state index contributed by atoms with van der Waals surface area (Å²) in [7, 11) is 0. The van der Waals surface area contributed by atoms with Crippen molar-refractivity contribution in [3.63, 3.8) is 0 Å². The van der Waals surface area contributed by atoms with Gasteiger partial charge in [0.2, 0.25) is 0 Å². The van der Waals surface area contributed by atoms with Gasteiger partial charge in [0.1, 0.15) is 6.26 Å². The molecule has 0 atom stereocenters. The maximum atomic E-state index is 12.0. The number of aliphatic hydroxyl groups is 1. The van der Waals surface area contributed by atoms with Gasteiger partial charge in [0.15, 0.2) is 5.70 Å². The van der Waals surface area contributed by atoms with E-state index in [2.05, 4.69) is 10.2 Å². The molecule has 0 aliphatic carbocycles. The van der Waals surface area contributed by atoms with Gasteiger partial charge in [-0.3, -0.25) is 4.79 Å². The second-order valence-electron chi connectivity index (χ2n) is 3.02. The summed E-state index contributed by atoms with van der Waals surface area (Å²) in [6.45, 7) is 0. The highest BCUT2D eigenvalue weighted by Crippen LogP contribution is 2.23. The Bertz CT molecular complexity index is 495. The van der Waals surface area contributed by atoms with Crippen LogP contribution in [0.3, 0.4) is 0 Å². The first-order valence-corrected chi connectivity index (χ1v) is 4.85. The number of ketones is 1. The van der Waals surface area contributed by atoms with Gasteiger partial charge in [0.25, 0.3) is 5.78 Å². The van der Waals surface area contributed by atoms with Crippen LogP contribution in [0.1, 0.15) is 0 Å². The van der Waals surface area contributed by atoms with E-state index >= 15 is 0 Å². The van der Waals surface area contributed by atoms with Gasteiger partial charge < -0.3 is 5.11 Å². The second kappa shape index (κ2) is 5.63. The van der Waals surface area contributed by atoms with Gasteiger partial charge in [-0.2, -0.15) is 18.3 Å². The molecule has 18 heavy (non-hydrogen) atoms. The molecule has 0 heterocycles. The van der Waals surface area contributed by atoms with Crippen LogP contribution < -0.4 is 0 Å². The van der Waals surface area contributed by atoms with Crippen molar-refractivity contribution < 1.29 is 23.1 Å². The lowest BCUT2D eigenvalue weighted by molar-refractivity contribution is -0.166. The first kappa shape index (κ1) is 14.2. The van der Waals surface area contributed by atoms with E-state index in [0.29, 0.717) is 5.02 Å². The minimum Gasteiger partial charge on any atom is -0.513 e. The molecule has 0 aliphatic rings. The zero-order valence-corrected chi connectivity index (χ0v) is 9.40. The molecule has 0 amide bonds. The van der Waals surface area contributed by atoms with Crippen LogP contribution >= 0.6 is 11.6 Å². The third-order valence-electron chi connectivity index (χ3n) is 1.71. The number of halogens is 4. The number of azo groups is 1. The quantitative estimate of drug-likeness (QED) is 0.517. The molecule has 4 nitrogen and oxygen atoms in total. The zero-order chi connectivity index (χ0) is 13.8. The molecule has 0 bridgehead atoms. The Balaban J connectivity index is 2.88. The predicted molar refractivity (Wildman–Crippen MR) is 57.7 cm³/mol. The number of allylic oxidation sites excluding steroid dienone is 1. The molecule has 1 rings (SSSR count). The Morgan fingerprint density at radius 2 is 1.83 bits per heavy atom. The fourth-order valence-corrected chi connectivity index (χ4v) is 1.02. The summed E-state index contributed by atoms with van der Waals surface area (Å²) in [5.41, 5.74) is -1.01. The minimum absolute atomic E-state index is 0.0464. The molecular formula is C10H6ClF3N2O2. The fourth-order valence-electron chi connectivity index (χ4n) is 0.894. The first-order chi connectivity index (χ1) is 8.34. The number of Topliss-reactive ketones (excluding diaryl/α,β-unsaturated/α-hetero) is 1. The average Bonchev–Trinajstić information content (AvgIpc) is 2.31. The third kappa shape index (κ3) is 3.85. The molecule has 1 aromatic carbocycles. The molecule has 1 N–H and O–H groups in total. The lowest BCUT2D eigenvalue weighted by Crippen LogP contribution is -2.23. The van der Waals surface area contributed by atoms with Crippen LogP contribution in [0.2, 0.25) is 5.02 Å². The molecule has 96 valence electrons. The summed E-state index contributed by atoms with van der Waals surface area (Å²) in [4.78, 5) is 10.7. The van der Waals surface area contributed by atoms with Crippen molar-refractivity contribution >= 4 is 23.1 Å². The van der Waals surface area contributed by atoms with Gasteiger partial charge in [0, 0.05) is 5.02 Å². The number of hydrogen-bond acceptors (Lipinski definition) is 4. The maximum absolute atomic E-state index is 12.0. The highest BCUT2D eigenvalue weighted by molar-refractivity contribution is 6.30. The molecule has 0 fully saturated rings. The van der Waals surface area contributed by atoms with Crippen molar-refractivity contribution in [2.24, 2.45) is 10.2 Å². The van der Waals surface area contributed by atoms with Crippen LogP contribution in [-0.4, -0.2) is 17.1 Å². The molecule has 0 spiro atoms. The summed E-state index contributed by atoms with van der Waals surface area (Å²) < 4.78 is 36.1. The Morgan fingerprint density at radius 1 is 1.28 bits per heavy atom. The molecule has 8 heteroatoms.